The minimum absolute atomic E-state index is 0.169. The smallest absolute Gasteiger partial charge is 0.0910 e. The highest BCUT2D eigenvalue weighted by Gasteiger charge is 2.30. The molecule has 2 atom stereocenters. The molecule has 1 aliphatic rings. The molecule has 1 aromatic carbocycles. The summed E-state index contributed by atoms with van der Waals surface area (Å²) in [5, 5.41) is 5.09. The Bertz CT molecular complexity index is 789. The Morgan fingerprint density at radius 3 is 2.76 bits per heavy atom. The molecular weight excluding hydrogens is 258 g/mol. The Morgan fingerprint density at radius 1 is 1.14 bits per heavy atom. The number of hydrogen-bond donors (Lipinski definition) is 1. The maximum absolute atomic E-state index is 4.57. The molecule has 4 rings (SSSR count). The molecule has 1 N–H and O–H groups in total. The number of fused-ring (bicyclic) bond motifs is 3. The van der Waals surface area contributed by atoms with E-state index in [4.69, 9.17) is 0 Å². The van der Waals surface area contributed by atoms with E-state index in [-0.39, 0.29) is 6.04 Å². The Balaban J connectivity index is 1.99. The van der Waals surface area contributed by atoms with Crippen LogP contribution in [0, 0.1) is 0 Å². The maximum atomic E-state index is 4.57. The second-order valence-corrected chi connectivity index (χ2v) is 5.90. The number of nitrogens with one attached hydrogen (secondary N) is 1. The van der Waals surface area contributed by atoms with Gasteiger partial charge in [0.1, 0.15) is 0 Å². The van der Waals surface area contributed by atoms with Crippen molar-refractivity contribution in [2.45, 2.75) is 25.4 Å². The molecule has 0 spiro atoms. The fraction of sp³-hybridized carbons (Fsp3) is 0.278. The summed E-state index contributed by atoms with van der Waals surface area (Å²) in [7, 11) is 2.16. The first kappa shape index (κ1) is 12.6. The molecule has 0 saturated carbocycles. The van der Waals surface area contributed by atoms with Gasteiger partial charge in [0.2, 0.25) is 0 Å². The van der Waals surface area contributed by atoms with E-state index < -0.39 is 0 Å². The summed E-state index contributed by atoms with van der Waals surface area (Å²) in [5.41, 5.74) is 5.22. The summed E-state index contributed by atoms with van der Waals surface area (Å²) in [6, 6.07) is 15.4. The van der Waals surface area contributed by atoms with Crippen molar-refractivity contribution >= 4 is 10.9 Å². The van der Waals surface area contributed by atoms with Gasteiger partial charge in [0.05, 0.1) is 11.7 Å². The van der Waals surface area contributed by atoms with Crippen molar-refractivity contribution < 1.29 is 0 Å². The summed E-state index contributed by atoms with van der Waals surface area (Å²) in [5.74, 6) is 0. The van der Waals surface area contributed by atoms with E-state index in [9.17, 15) is 0 Å². The van der Waals surface area contributed by atoms with Crippen LogP contribution in [0.2, 0.25) is 0 Å². The van der Waals surface area contributed by atoms with Gasteiger partial charge in [-0.3, -0.25) is 4.98 Å². The normalized spacial score (nSPS) is 21.4. The van der Waals surface area contributed by atoms with Gasteiger partial charge in [0.15, 0.2) is 0 Å². The Morgan fingerprint density at radius 2 is 1.95 bits per heavy atom. The van der Waals surface area contributed by atoms with E-state index in [0.29, 0.717) is 6.04 Å². The van der Waals surface area contributed by atoms with Crippen LogP contribution in [0.15, 0.2) is 48.7 Å². The van der Waals surface area contributed by atoms with Crippen molar-refractivity contribution in [3.63, 3.8) is 0 Å². The number of para-hydroxylation sites is 1. The molecule has 0 amide bonds. The first-order chi connectivity index (χ1) is 10.3. The van der Waals surface area contributed by atoms with Gasteiger partial charge in [-0.2, -0.15) is 0 Å². The molecule has 106 valence electrons. The predicted octanol–water partition coefficient (Wildman–Crippen LogP) is 3.20. The highest BCUT2D eigenvalue weighted by molar-refractivity contribution is 5.86. The summed E-state index contributed by atoms with van der Waals surface area (Å²) in [6.07, 6.45) is 2.94. The minimum Gasteiger partial charge on any atom is -0.346 e. The van der Waals surface area contributed by atoms with Gasteiger partial charge in [-0.05, 0) is 37.1 Å². The maximum Gasteiger partial charge on any atom is 0.0910 e. The highest BCUT2D eigenvalue weighted by Crippen LogP contribution is 2.36. The van der Waals surface area contributed by atoms with Crippen LogP contribution >= 0.6 is 0 Å². The SMILES string of the molecule is CC1Cc2c(n(C)c3ccccc23)C(c2ccccn2)N1. The average Bonchev–Trinajstić information content (AvgIpc) is 2.81. The van der Waals surface area contributed by atoms with Crippen LogP contribution < -0.4 is 5.32 Å². The van der Waals surface area contributed by atoms with Crippen molar-refractivity contribution in [2.24, 2.45) is 7.05 Å². The lowest BCUT2D eigenvalue weighted by molar-refractivity contribution is 0.444. The summed E-state index contributed by atoms with van der Waals surface area (Å²) in [6.45, 7) is 2.25. The third kappa shape index (κ3) is 1.88. The zero-order valence-corrected chi connectivity index (χ0v) is 12.4. The number of rotatable bonds is 1. The van der Waals surface area contributed by atoms with E-state index >= 15 is 0 Å². The lowest BCUT2D eigenvalue weighted by Crippen LogP contribution is -2.39. The van der Waals surface area contributed by atoms with Crippen LogP contribution in [0.4, 0.5) is 0 Å². The average molecular weight is 277 g/mol. The third-order valence-corrected chi connectivity index (χ3v) is 4.48. The van der Waals surface area contributed by atoms with Crippen molar-refractivity contribution in [1.82, 2.24) is 14.9 Å². The second-order valence-electron chi connectivity index (χ2n) is 5.90. The van der Waals surface area contributed by atoms with Gasteiger partial charge in [-0.25, -0.2) is 0 Å². The van der Waals surface area contributed by atoms with E-state index in [1.165, 1.54) is 22.2 Å². The molecule has 2 unspecified atom stereocenters. The fourth-order valence-corrected chi connectivity index (χ4v) is 3.57. The predicted molar refractivity (Wildman–Crippen MR) is 85.3 cm³/mol. The van der Waals surface area contributed by atoms with Crippen LogP contribution in [-0.4, -0.2) is 15.6 Å². The first-order valence-electron chi connectivity index (χ1n) is 7.49. The highest BCUT2D eigenvalue weighted by atomic mass is 15.1. The van der Waals surface area contributed by atoms with Gasteiger partial charge >= 0.3 is 0 Å². The Kier molecular flexibility index (Phi) is 2.82. The summed E-state index contributed by atoms with van der Waals surface area (Å²) in [4.78, 5) is 4.57. The van der Waals surface area contributed by atoms with Crippen LogP contribution in [-0.2, 0) is 13.5 Å². The molecule has 3 heteroatoms. The minimum atomic E-state index is 0.169. The summed E-state index contributed by atoms with van der Waals surface area (Å²) < 4.78 is 2.32. The quantitative estimate of drug-likeness (QED) is 0.740. The molecule has 21 heavy (non-hydrogen) atoms. The number of benzene rings is 1. The van der Waals surface area contributed by atoms with E-state index in [1.54, 1.807) is 0 Å². The van der Waals surface area contributed by atoms with E-state index in [2.05, 4.69) is 65.2 Å². The standard InChI is InChI=1S/C18H19N3/c1-12-11-14-13-7-3-4-9-16(13)21(2)18(14)17(20-12)15-8-5-6-10-19-15/h3-10,12,17,20H,11H2,1-2H3. The van der Waals surface area contributed by atoms with Crippen molar-refractivity contribution in [3.8, 4) is 0 Å². The molecule has 3 aromatic rings. The molecule has 2 aromatic heterocycles. The first-order valence-corrected chi connectivity index (χ1v) is 7.49. The molecule has 1 aliphatic heterocycles. The number of nitrogens with zero attached hydrogens (tertiary/aromatic N) is 2. The largest absolute Gasteiger partial charge is 0.346 e. The van der Waals surface area contributed by atoms with Gasteiger partial charge in [0.25, 0.3) is 0 Å². The monoisotopic (exact) mass is 277 g/mol. The lowest BCUT2D eigenvalue weighted by Gasteiger charge is -2.30. The second kappa shape index (κ2) is 4.71. The van der Waals surface area contributed by atoms with Gasteiger partial charge in [-0.15, -0.1) is 0 Å². The van der Waals surface area contributed by atoms with Gasteiger partial charge in [-0.1, -0.05) is 24.3 Å². The van der Waals surface area contributed by atoms with Crippen molar-refractivity contribution in [1.29, 1.82) is 0 Å². The molecule has 0 fully saturated rings. The van der Waals surface area contributed by atoms with E-state index in [0.717, 1.165) is 12.1 Å². The van der Waals surface area contributed by atoms with Crippen molar-refractivity contribution in [3.05, 3.63) is 65.6 Å². The van der Waals surface area contributed by atoms with Crippen LogP contribution in [0.5, 0.6) is 0 Å². The molecule has 3 nitrogen and oxygen atoms in total. The van der Waals surface area contributed by atoms with Crippen LogP contribution in [0.1, 0.15) is 29.9 Å². The Hall–Kier alpha value is -2.13. The van der Waals surface area contributed by atoms with Gasteiger partial charge < -0.3 is 9.88 Å². The van der Waals surface area contributed by atoms with Crippen LogP contribution in [0.25, 0.3) is 10.9 Å². The summed E-state index contributed by atoms with van der Waals surface area (Å²) >= 11 is 0. The van der Waals surface area contributed by atoms with Crippen molar-refractivity contribution in [2.75, 3.05) is 0 Å². The topological polar surface area (TPSA) is 29.9 Å². The molecule has 3 heterocycles. The Labute approximate surface area is 124 Å². The molecule has 0 aliphatic carbocycles. The van der Waals surface area contributed by atoms with Gasteiger partial charge in [0, 0.05) is 35.9 Å². The van der Waals surface area contributed by atoms with E-state index in [1.807, 2.05) is 12.3 Å². The number of hydrogen-bond acceptors (Lipinski definition) is 2. The molecule has 0 saturated heterocycles. The number of pyridine rings is 1. The third-order valence-electron chi connectivity index (χ3n) is 4.48. The zero-order valence-electron chi connectivity index (χ0n) is 12.4. The molecule has 0 bridgehead atoms. The lowest BCUT2D eigenvalue weighted by atomic mass is 9.93. The zero-order chi connectivity index (χ0) is 14.4. The van der Waals surface area contributed by atoms with Crippen LogP contribution in [0.3, 0.4) is 0 Å². The number of aromatic nitrogens is 2. The molecular formula is C18H19N3. The molecule has 0 radical (unpaired) electrons. The number of aryl methyl sites for hydroxylation is 1. The fourth-order valence-electron chi connectivity index (χ4n) is 3.57.